The first-order chi connectivity index (χ1) is 44.7. The molecule has 0 N–H and O–H groups in total. The third-order valence-electron chi connectivity index (χ3n) is 23.4. The van der Waals surface area contributed by atoms with Gasteiger partial charge in [0.2, 0.25) is 0 Å². The molecule has 20 rings (SSSR count). The lowest BCUT2D eigenvalue weighted by atomic mass is 9.72. The fraction of sp³-hybridized carbons (Fsp3) is 0.191. The summed E-state index contributed by atoms with van der Waals surface area (Å²) in [6.45, 7) is 28.9. The quantitative estimate of drug-likeness (QED) is 0.176. The van der Waals surface area contributed by atoms with Crippen LogP contribution >= 0.6 is 0 Å². The Morgan fingerprint density at radius 3 is 1.06 bits per heavy atom. The van der Waals surface area contributed by atoms with Gasteiger partial charge in [-0.15, -0.1) is 0 Å². The molecule has 12 aromatic carbocycles. The van der Waals surface area contributed by atoms with Gasteiger partial charge in [-0.05, 0) is 180 Å². The smallest absolute Gasteiger partial charge is 0.144 e. The Morgan fingerprint density at radius 2 is 0.613 bits per heavy atom. The second-order valence-corrected chi connectivity index (χ2v) is 30.4. The summed E-state index contributed by atoms with van der Waals surface area (Å²) in [6.07, 6.45) is 0. The zero-order chi connectivity index (χ0) is 63.0. The number of fused-ring (bicyclic) bond motifs is 31. The SMILES string of the molecule is Cc1cc(C)cc(-c2cc3c(c4c2oc2ccccc24)-c2ccc(N(c4ccc5c(c4)C(C)(C)c4c6c(c7oc8ccccc8c7c4-5)-c4ccccc4C6(C)C)c4ccc5c(c4)C(C)(C)c4c6c(c7oc8ccccc8c7c4-5)-c4ccccc4C6(C)C)cc2C3(C)C)c1. The molecule has 0 aliphatic heterocycles. The Kier molecular flexibility index (Phi) is 9.95. The van der Waals surface area contributed by atoms with Gasteiger partial charge >= 0.3 is 0 Å². The van der Waals surface area contributed by atoms with Crippen LogP contribution in [0.15, 0.2) is 213 Å². The lowest BCUT2D eigenvalue weighted by Crippen LogP contribution is -2.24. The van der Waals surface area contributed by atoms with Gasteiger partial charge in [0, 0.05) is 93.1 Å². The number of benzene rings is 12. The van der Waals surface area contributed by atoms with E-state index in [4.69, 9.17) is 13.3 Å². The Morgan fingerprint density at radius 1 is 0.269 bits per heavy atom. The van der Waals surface area contributed by atoms with E-state index in [0.29, 0.717) is 0 Å². The second-order valence-electron chi connectivity index (χ2n) is 30.4. The molecule has 0 unspecified atom stereocenters. The van der Waals surface area contributed by atoms with E-state index in [1.54, 1.807) is 0 Å². The maximum Gasteiger partial charge on any atom is 0.144 e. The highest BCUT2D eigenvalue weighted by Crippen LogP contribution is 2.67. The second kappa shape index (κ2) is 17.3. The molecule has 0 saturated heterocycles. The van der Waals surface area contributed by atoms with Gasteiger partial charge in [0.05, 0.1) is 0 Å². The number of aryl methyl sites for hydroxylation is 2. The van der Waals surface area contributed by atoms with Crippen molar-refractivity contribution in [1.82, 2.24) is 0 Å². The molecule has 3 aromatic heterocycles. The van der Waals surface area contributed by atoms with Gasteiger partial charge in [-0.3, -0.25) is 0 Å². The Balaban J connectivity index is 0.839. The predicted octanol–water partition coefficient (Wildman–Crippen LogP) is 24.7. The summed E-state index contributed by atoms with van der Waals surface area (Å²) in [7, 11) is 0. The molecule has 0 radical (unpaired) electrons. The summed E-state index contributed by atoms with van der Waals surface area (Å²) in [5, 5.41) is 7.07. The third kappa shape index (κ3) is 6.48. The summed E-state index contributed by atoms with van der Waals surface area (Å²) in [5.41, 5.74) is 38.2. The minimum Gasteiger partial charge on any atom is -0.455 e. The van der Waals surface area contributed by atoms with Gasteiger partial charge < -0.3 is 18.2 Å². The van der Waals surface area contributed by atoms with Crippen LogP contribution in [0.3, 0.4) is 0 Å². The van der Waals surface area contributed by atoms with Gasteiger partial charge in [0.15, 0.2) is 0 Å². The molecular weight excluding hydrogens is 1130 g/mol. The highest BCUT2D eigenvalue weighted by Gasteiger charge is 2.51. The summed E-state index contributed by atoms with van der Waals surface area (Å²) < 4.78 is 21.3. The molecule has 448 valence electrons. The fourth-order valence-corrected chi connectivity index (χ4v) is 19.3. The van der Waals surface area contributed by atoms with E-state index in [1.165, 1.54) is 144 Å². The molecule has 5 aliphatic rings. The largest absolute Gasteiger partial charge is 0.455 e. The van der Waals surface area contributed by atoms with Crippen molar-refractivity contribution in [3.8, 4) is 66.8 Å². The van der Waals surface area contributed by atoms with Crippen LogP contribution in [0.4, 0.5) is 17.1 Å². The average molecular weight is 1200 g/mol. The molecule has 0 fully saturated rings. The van der Waals surface area contributed by atoms with Gasteiger partial charge in [0.25, 0.3) is 0 Å². The van der Waals surface area contributed by atoms with Gasteiger partial charge in [-0.25, -0.2) is 0 Å². The fourth-order valence-electron chi connectivity index (χ4n) is 19.3. The summed E-state index contributed by atoms with van der Waals surface area (Å²) in [6, 6.07) is 75.6. The highest BCUT2D eigenvalue weighted by molar-refractivity contribution is 6.23. The van der Waals surface area contributed by atoms with Gasteiger partial charge in [0.1, 0.15) is 33.5 Å². The van der Waals surface area contributed by atoms with Gasteiger partial charge in [-0.1, -0.05) is 220 Å². The molecule has 0 saturated carbocycles. The maximum atomic E-state index is 7.14. The lowest BCUT2D eigenvalue weighted by molar-refractivity contribution is 0.600. The van der Waals surface area contributed by atoms with Crippen LogP contribution in [0.2, 0.25) is 0 Å². The minimum atomic E-state index is -0.402. The molecule has 5 aliphatic carbocycles. The van der Waals surface area contributed by atoms with Crippen molar-refractivity contribution in [2.24, 2.45) is 0 Å². The van der Waals surface area contributed by atoms with E-state index in [1.807, 2.05) is 0 Å². The van der Waals surface area contributed by atoms with E-state index in [0.717, 1.165) is 72.3 Å². The molecule has 0 spiro atoms. The number of rotatable bonds is 4. The molecule has 3 heterocycles. The Bertz CT molecular complexity index is 5730. The van der Waals surface area contributed by atoms with Crippen LogP contribution < -0.4 is 4.90 Å². The molecular formula is C89H69NO3. The molecule has 0 atom stereocenters. The Hall–Kier alpha value is -10.2. The van der Waals surface area contributed by atoms with Crippen molar-refractivity contribution in [2.75, 3.05) is 4.90 Å². The van der Waals surface area contributed by atoms with Crippen LogP contribution in [0, 0.1) is 13.8 Å². The monoisotopic (exact) mass is 1200 g/mol. The van der Waals surface area contributed by atoms with Crippen LogP contribution in [0.25, 0.3) is 133 Å². The topological polar surface area (TPSA) is 42.7 Å². The van der Waals surface area contributed by atoms with Crippen molar-refractivity contribution in [3.05, 3.63) is 267 Å². The van der Waals surface area contributed by atoms with Gasteiger partial charge in [-0.2, -0.15) is 0 Å². The summed E-state index contributed by atoms with van der Waals surface area (Å²) in [5.74, 6) is 0. The molecule has 0 bridgehead atoms. The van der Waals surface area contributed by atoms with Crippen molar-refractivity contribution in [3.63, 3.8) is 0 Å². The number of nitrogens with zero attached hydrogens (tertiary/aromatic N) is 1. The van der Waals surface area contributed by atoms with E-state index in [2.05, 4.69) is 288 Å². The van der Waals surface area contributed by atoms with E-state index in [9.17, 15) is 0 Å². The molecule has 93 heavy (non-hydrogen) atoms. The van der Waals surface area contributed by atoms with E-state index >= 15 is 0 Å². The lowest BCUT2D eigenvalue weighted by Gasteiger charge is -2.33. The maximum absolute atomic E-state index is 7.14. The average Bonchev–Trinajstić information content (AvgIpc) is 1.52. The number of anilines is 3. The number of hydrogen-bond acceptors (Lipinski definition) is 4. The van der Waals surface area contributed by atoms with E-state index < -0.39 is 10.8 Å². The molecule has 0 amide bonds. The van der Waals surface area contributed by atoms with Crippen LogP contribution in [-0.4, -0.2) is 0 Å². The normalized spacial score (nSPS) is 16.4. The van der Waals surface area contributed by atoms with Crippen molar-refractivity contribution < 1.29 is 13.3 Å². The predicted molar refractivity (Wildman–Crippen MR) is 386 cm³/mol. The first-order valence-electron chi connectivity index (χ1n) is 33.3. The number of para-hydroxylation sites is 3. The van der Waals surface area contributed by atoms with Crippen LogP contribution in [0.5, 0.6) is 0 Å². The standard InChI is InChI=1S/C89H69NO3/c1-46-39-47(2)41-48(40-46)60-45-66-70(73-57-25-15-20-30-67(57)91-82(60)73)54-36-33-49(42-63(54)85(66,3)4)90(50-34-37-55-64(43-50)88(9,10)78-71(55)74-58-26-16-21-31-68(58)92-83(74)76-52-23-13-18-28-61(52)86(5,6)80(76)78)51-35-38-56-65(44-51)89(11,12)79-72(56)75-59-27-17-22-32-69(59)93-84(75)77-53-24-14-19-29-62(53)87(7,8)81(77)79/h13-45H,1-12H3. The summed E-state index contributed by atoms with van der Waals surface area (Å²) in [4.78, 5) is 2.59. The highest BCUT2D eigenvalue weighted by atomic mass is 16.3. The zero-order valence-corrected chi connectivity index (χ0v) is 54.7. The van der Waals surface area contributed by atoms with E-state index in [-0.39, 0.29) is 16.2 Å². The number of furan rings is 3. The first kappa shape index (κ1) is 53.5. The molecule has 15 aromatic rings. The first-order valence-corrected chi connectivity index (χ1v) is 33.3. The van der Waals surface area contributed by atoms with Crippen molar-refractivity contribution in [1.29, 1.82) is 0 Å². The molecule has 4 heteroatoms. The third-order valence-corrected chi connectivity index (χ3v) is 23.4. The Labute approximate surface area is 541 Å². The minimum absolute atomic E-state index is 0.276. The van der Waals surface area contributed by atoms with Crippen molar-refractivity contribution in [2.45, 2.75) is 110 Å². The van der Waals surface area contributed by atoms with Crippen molar-refractivity contribution >= 4 is 82.9 Å². The molecule has 4 nitrogen and oxygen atoms in total. The van der Waals surface area contributed by atoms with Crippen LogP contribution in [0.1, 0.15) is 136 Å². The number of hydrogen-bond donors (Lipinski definition) is 0. The summed E-state index contributed by atoms with van der Waals surface area (Å²) >= 11 is 0. The van der Waals surface area contributed by atoms with Crippen LogP contribution in [-0.2, 0) is 27.1 Å². The zero-order valence-electron chi connectivity index (χ0n) is 54.7.